The Hall–Kier alpha value is -1.70. The van der Waals surface area contributed by atoms with Crippen LogP contribution >= 0.6 is 0 Å². The summed E-state index contributed by atoms with van der Waals surface area (Å²) in [6.07, 6.45) is 0.594. The van der Waals surface area contributed by atoms with Crippen molar-refractivity contribution in [2.75, 3.05) is 33.0 Å². The van der Waals surface area contributed by atoms with E-state index < -0.39 is 22.8 Å². The summed E-state index contributed by atoms with van der Waals surface area (Å²) in [5.41, 5.74) is -0.407. The van der Waals surface area contributed by atoms with Crippen molar-refractivity contribution in [3.05, 3.63) is 24.3 Å². The highest BCUT2D eigenvalue weighted by molar-refractivity contribution is 5.87. The summed E-state index contributed by atoms with van der Waals surface area (Å²) in [6, 6.07) is 0. The number of aliphatic hydroxyl groups is 3. The number of esters is 2. The molecule has 152 valence electrons. The number of hydrogen-bond donors (Lipinski definition) is 3. The van der Waals surface area contributed by atoms with Crippen LogP contribution in [0.3, 0.4) is 0 Å². The highest BCUT2D eigenvalue weighted by Crippen LogP contribution is 2.18. The van der Waals surface area contributed by atoms with Crippen LogP contribution in [0.15, 0.2) is 24.3 Å². The van der Waals surface area contributed by atoms with E-state index in [0.717, 1.165) is 0 Å². The average molecular weight is 374 g/mol. The van der Waals surface area contributed by atoms with E-state index in [9.17, 15) is 9.59 Å². The fraction of sp³-hybridized carbons (Fsp3) is 0.684. The number of ether oxygens (including phenoxy) is 2. The Balaban J connectivity index is 0. The first kappa shape index (κ1) is 26.5. The van der Waals surface area contributed by atoms with E-state index >= 15 is 0 Å². The van der Waals surface area contributed by atoms with Crippen LogP contribution in [0.4, 0.5) is 0 Å². The van der Waals surface area contributed by atoms with E-state index in [1.165, 1.54) is 0 Å². The molecule has 0 radical (unpaired) electrons. The fourth-order valence-electron chi connectivity index (χ4n) is 1.30. The topological polar surface area (TPSA) is 113 Å². The van der Waals surface area contributed by atoms with Crippen molar-refractivity contribution in [3.63, 3.8) is 0 Å². The summed E-state index contributed by atoms with van der Waals surface area (Å²) in [7, 11) is 0. The van der Waals surface area contributed by atoms with Crippen LogP contribution in [0.2, 0.25) is 0 Å². The third-order valence-electron chi connectivity index (χ3n) is 3.64. The van der Waals surface area contributed by atoms with Gasteiger partial charge in [0.25, 0.3) is 0 Å². The smallest absolute Gasteiger partial charge is 0.333 e. The third-order valence-corrected chi connectivity index (χ3v) is 3.64. The molecule has 26 heavy (non-hydrogen) atoms. The van der Waals surface area contributed by atoms with Gasteiger partial charge in [-0.2, -0.15) is 0 Å². The van der Waals surface area contributed by atoms with E-state index in [2.05, 4.69) is 13.2 Å². The van der Waals surface area contributed by atoms with Gasteiger partial charge in [0.1, 0.15) is 0 Å². The predicted molar refractivity (Wildman–Crippen MR) is 99.3 cm³/mol. The summed E-state index contributed by atoms with van der Waals surface area (Å²) in [5, 5.41) is 26.0. The molecule has 0 aliphatic heterocycles. The Labute approximate surface area is 156 Å². The van der Waals surface area contributed by atoms with Gasteiger partial charge >= 0.3 is 11.9 Å². The molecule has 0 aromatic rings. The first-order chi connectivity index (χ1) is 11.9. The van der Waals surface area contributed by atoms with Crippen molar-refractivity contribution < 1.29 is 34.4 Å². The zero-order valence-electron chi connectivity index (χ0n) is 16.6. The molecule has 0 atom stereocenters. The molecule has 0 unspecified atom stereocenters. The summed E-state index contributed by atoms with van der Waals surface area (Å²) in [6.45, 7) is 15.5. The van der Waals surface area contributed by atoms with Crippen molar-refractivity contribution in [2.45, 2.75) is 41.0 Å². The van der Waals surface area contributed by atoms with E-state index in [-0.39, 0.29) is 33.0 Å². The number of rotatable bonds is 10. The lowest BCUT2D eigenvalue weighted by atomic mass is 9.88. The fourth-order valence-corrected chi connectivity index (χ4v) is 1.30. The second kappa shape index (κ2) is 12.6. The molecule has 0 fully saturated rings. The molecule has 0 rings (SSSR count). The van der Waals surface area contributed by atoms with Gasteiger partial charge < -0.3 is 24.8 Å². The Morgan fingerprint density at radius 2 is 1.15 bits per heavy atom. The van der Waals surface area contributed by atoms with Gasteiger partial charge in [-0.1, -0.05) is 33.9 Å². The Morgan fingerprint density at radius 1 is 0.846 bits per heavy atom. The largest absolute Gasteiger partial charge is 0.462 e. The molecule has 0 heterocycles. The summed E-state index contributed by atoms with van der Waals surface area (Å²) >= 11 is 0. The van der Waals surface area contributed by atoms with Gasteiger partial charge in [0.05, 0.1) is 33.0 Å². The normalized spacial score (nSPS) is 11.1. The highest BCUT2D eigenvalue weighted by Gasteiger charge is 2.25. The molecule has 0 bridgehead atoms. The lowest BCUT2D eigenvalue weighted by Crippen LogP contribution is -2.32. The number of hydrogen-bond acceptors (Lipinski definition) is 7. The van der Waals surface area contributed by atoms with E-state index in [0.29, 0.717) is 17.6 Å². The Kier molecular flexibility index (Phi) is 12.9. The molecule has 7 heteroatoms. The molecule has 3 N–H and O–H groups in total. The van der Waals surface area contributed by atoms with Crippen LogP contribution in [0, 0.1) is 10.8 Å². The van der Waals surface area contributed by atoms with Crippen LogP contribution in [0.1, 0.15) is 41.0 Å². The molecule has 0 amide bonds. The van der Waals surface area contributed by atoms with Gasteiger partial charge in [0.2, 0.25) is 0 Å². The summed E-state index contributed by atoms with van der Waals surface area (Å²) in [4.78, 5) is 22.4. The molecule has 0 saturated carbocycles. The minimum absolute atomic E-state index is 0.156. The van der Waals surface area contributed by atoms with Gasteiger partial charge in [-0.3, -0.25) is 0 Å². The summed E-state index contributed by atoms with van der Waals surface area (Å²) in [5.74, 6) is -0.881. The van der Waals surface area contributed by atoms with Crippen LogP contribution < -0.4 is 0 Å². The quantitative estimate of drug-likeness (QED) is 0.393. The minimum atomic E-state index is -0.667. The molecule has 0 aliphatic carbocycles. The molecule has 0 aromatic carbocycles. The van der Waals surface area contributed by atoms with Gasteiger partial charge in [-0.05, 0) is 20.3 Å². The first-order valence-corrected chi connectivity index (χ1v) is 8.38. The van der Waals surface area contributed by atoms with Gasteiger partial charge in [0.15, 0.2) is 0 Å². The Bertz CT molecular complexity index is 427. The van der Waals surface area contributed by atoms with Crippen molar-refractivity contribution in [1.82, 2.24) is 0 Å². The van der Waals surface area contributed by atoms with Gasteiger partial charge in [-0.15, -0.1) is 0 Å². The van der Waals surface area contributed by atoms with E-state index in [1.54, 1.807) is 13.8 Å². The van der Waals surface area contributed by atoms with Crippen LogP contribution in [0.25, 0.3) is 0 Å². The van der Waals surface area contributed by atoms with Crippen molar-refractivity contribution >= 4 is 11.9 Å². The number of carbonyl (C=O) groups is 2. The summed E-state index contributed by atoms with van der Waals surface area (Å²) < 4.78 is 10.0. The molecule has 0 aliphatic rings. The Morgan fingerprint density at radius 3 is 1.31 bits per heavy atom. The molecular formula is C19H34O7. The van der Waals surface area contributed by atoms with Crippen molar-refractivity contribution in [2.24, 2.45) is 10.8 Å². The molecular weight excluding hydrogens is 340 g/mol. The first-order valence-electron chi connectivity index (χ1n) is 8.38. The second-order valence-corrected chi connectivity index (χ2v) is 7.21. The van der Waals surface area contributed by atoms with Crippen molar-refractivity contribution in [3.8, 4) is 0 Å². The number of carbonyl (C=O) groups excluding carboxylic acids is 2. The van der Waals surface area contributed by atoms with Crippen LogP contribution in [-0.4, -0.2) is 60.3 Å². The lowest BCUT2D eigenvalue weighted by molar-refractivity contribution is -0.147. The van der Waals surface area contributed by atoms with Gasteiger partial charge in [0, 0.05) is 22.0 Å². The molecule has 0 spiro atoms. The average Bonchev–Trinajstić information content (AvgIpc) is 2.60. The van der Waals surface area contributed by atoms with Crippen LogP contribution in [-0.2, 0) is 19.1 Å². The standard InChI is InChI=1S/C13H20O4.C6H14O3/c1-9(2)11(14)16-7-13(5,6)8-17-12(15)10(3)4;1-2-6(3-7,4-8)5-9/h1,3,7-8H2,2,4-6H3;7-9H,2-5H2,1H3. The highest BCUT2D eigenvalue weighted by atomic mass is 16.5. The lowest BCUT2D eigenvalue weighted by Gasteiger charge is -2.24. The van der Waals surface area contributed by atoms with E-state index in [1.807, 2.05) is 20.8 Å². The zero-order valence-corrected chi connectivity index (χ0v) is 16.6. The maximum atomic E-state index is 11.2. The third kappa shape index (κ3) is 11.0. The van der Waals surface area contributed by atoms with Gasteiger partial charge in [-0.25, -0.2) is 9.59 Å². The SMILES string of the molecule is C=C(C)C(=O)OCC(C)(C)COC(=O)C(=C)C.CCC(CO)(CO)CO. The van der Waals surface area contributed by atoms with Crippen LogP contribution in [0.5, 0.6) is 0 Å². The molecule has 0 aromatic heterocycles. The zero-order chi connectivity index (χ0) is 21.0. The molecule has 0 saturated heterocycles. The predicted octanol–water partition coefficient (Wildman–Crippen LogP) is 1.61. The maximum absolute atomic E-state index is 11.2. The number of aliphatic hydroxyl groups excluding tert-OH is 3. The minimum Gasteiger partial charge on any atom is -0.462 e. The van der Waals surface area contributed by atoms with Crippen molar-refractivity contribution in [1.29, 1.82) is 0 Å². The monoisotopic (exact) mass is 374 g/mol. The second-order valence-electron chi connectivity index (χ2n) is 7.21. The molecule has 7 nitrogen and oxygen atoms in total. The maximum Gasteiger partial charge on any atom is 0.333 e. The van der Waals surface area contributed by atoms with E-state index in [4.69, 9.17) is 24.8 Å².